The van der Waals surface area contributed by atoms with Gasteiger partial charge in [0.2, 0.25) is 0 Å². The molecule has 0 aromatic heterocycles. The van der Waals surface area contributed by atoms with E-state index in [1.54, 1.807) is 12.1 Å². The number of hydrogen-bond donors (Lipinski definition) is 2. The Labute approximate surface area is 127 Å². The van der Waals surface area contributed by atoms with Crippen molar-refractivity contribution in [3.8, 4) is 5.75 Å². The Morgan fingerprint density at radius 1 is 1.09 bits per heavy atom. The number of amides is 2. The maximum Gasteiger partial charge on any atom is 0.329 e. The predicted octanol–water partition coefficient (Wildman–Crippen LogP) is 1.20. The molecule has 6 nitrogen and oxygen atoms in total. The third-order valence-corrected chi connectivity index (χ3v) is 2.75. The van der Waals surface area contributed by atoms with Crippen molar-refractivity contribution in [3.63, 3.8) is 0 Å². The summed E-state index contributed by atoms with van der Waals surface area (Å²) in [6.45, 7) is 0.416. The van der Waals surface area contributed by atoms with Gasteiger partial charge in [-0.1, -0.05) is 42.5 Å². The summed E-state index contributed by atoms with van der Waals surface area (Å²) in [6.07, 6.45) is 1.39. The molecule has 0 unspecified atom stereocenters. The lowest BCUT2D eigenvalue weighted by Crippen LogP contribution is -2.32. The highest BCUT2D eigenvalue weighted by atomic mass is 16.5. The molecule has 2 aromatic rings. The van der Waals surface area contributed by atoms with E-state index in [1.165, 1.54) is 6.21 Å². The highest BCUT2D eigenvalue weighted by molar-refractivity contribution is 6.34. The first-order valence-electron chi connectivity index (χ1n) is 6.55. The van der Waals surface area contributed by atoms with Crippen molar-refractivity contribution < 1.29 is 14.3 Å². The molecule has 2 aromatic carbocycles. The van der Waals surface area contributed by atoms with Gasteiger partial charge in [0.25, 0.3) is 0 Å². The van der Waals surface area contributed by atoms with Gasteiger partial charge in [-0.2, -0.15) is 5.10 Å². The molecule has 0 fully saturated rings. The average Bonchev–Trinajstić information content (AvgIpc) is 2.54. The molecule has 112 valence electrons. The van der Waals surface area contributed by atoms with Crippen molar-refractivity contribution in [1.82, 2.24) is 5.43 Å². The number of nitrogens with one attached hydrogen (secondary N) is 1. The van der Waals surface area contributed by atoms with Crippen LogP contribution in [0.1, 0.15) is 11.1 Å². The molecule has 0 aliphatic rings. The lowest BCUT2D eigenvalue weighted by molar-refractivity contribution is -0.137. The van der Waals surface area contributed by atoms with Crippen LogP contribution < -0.4 is 15.9 Å². The summed E-state index contributed by atoms with van der Waals surface area (Å²) in [6, 6.07) is 16.9. The van der Waals surface area contributed by atoms with E-state index in [0.29, 0.717) is 17.9 Å². The summed E-state index contributed by atoms with van der Waals surface area (Å²) in [4.78, 5) is 21.6. The first kappa shape index (κ1) is 15.2. The van der Waals surface area contributed by atoms with Crippen molar-refractivity contribution in [1.29, 1.82) is 0 Å². The smallest absolute Gasteiger partial charge is 0.329 e. The third kappa shape index (κ3) is 4.45. The zero-order valence-corrected chi connectivity index (χ0v) is 11.7. The van der Waals surface area contributed by atoms with Crippen LogP contribution >= 0.6 is 0 Å². The molecule has 0 spiro atoms. The van der Waals surface area contributed by atoms with Crippen LogP contribution in [-0.2, 0) is 16.2 Å². The number of para-hydroxylation sites is 1. The van der Waals surface area contributed by atoms with E-state index < -0.39 is 11.8 Å². The van der Waals surface area contributed by atoms with Crippen LogP contribution in [0.4, 0.5) is 0 Å². The number of nitrogens with zero attached hydrogens (tertiary/aromatic N) is 1. The number of benzene rings is 2. The van der Waals surface area contributed by atoms with E-state index in [1.807, 2.05) is 47.9 Å². The van der Waals surface area contributed by atoms with E-state index in [4.69, 9.17) is 10.5 Å². The Morgan fingerprint density at radius 2 is 1.77 bits per heavy atom. The van der Waals surface area contributed by atoms with Crippen LogP contribution in [0.3, 0.4) is 0 Å². The number of ether oxygens (including phenoxy) is 1. The highest BCUT2D eigenvalue weighted by Gasteiger charge is 2.06. The van der Waals surface area contributed by atoms with E-state index in [0.717, 1.165) is 5.56 Å². The SMILES string of the molecule is NC(=O)C(=O)N/N=C/c1ccccc1OCc1ccccc1. The normalized spacial score (nSPS) is 10.4. The zero-order valence-electron chi connectivity index (χ0n) is 11.7. The predicted molar refractivity (Wildman–Crippen MR) is 82.1 cm³/mol. The molecule has 2 amide bonds. The van der Waals surface area contributed by atoms with Gasteiger partial charge in [-0.25, -0.2) is 5.43 Å². The zero-order chi connectivity index (χ0) is 15.8. The topological polar surface area (TPSA) is 93.8 Å². The number of hydrazone groups is 1. The lowest BCUT2D eigenvalue weighted by atomic mass is 10.2. The minimum absolute atomic E-state index is 0.416. The molecule has 0 aliphatic heterocycles. The van der Waals surface area contributed by atoms with Crippen LogP contribution in [0.2, 0.25) is 0 Å². The molecule has 0 aliphatic carbocycles. The van der Waals surface area contributed by atoms with E-state index in [9.17, 15) is 9.59 Å². The average molecular weight is 297 g/mol. The number of primary amides is 1. The largest absolute Gasteiger partial charge is 0.488 e. The van der Waals surface area contributed by atoms with Crippen LogP contribution in [0.25, 0.3) is 0 Å². The Balaban J connectivity index is 2.02. The Hall–Kier alpha value is -3.15. The Kier molecular flexibility index (Phi) is 5.25. The first-order chi connectivity index (χ1) is 10.7. The molecule has 3 N–H and O–H groups in total. The summed E-state index contributed by atoms with van der Waals surface area (Å²) < 4.78 is 5.73. The second kappa shape index (κ2) is 7.58. The summed E-state index contributed by atoms with van der Waals surface area (Å²) in [5.41, 5.74) is 8.55. The Morgan fingerprint density at radius 3 is 2.50 bits per heavy atom. The van der Waals surface area contributed by atoms with Gasteiger partial charge >= 0.3 is 11.8 Å². The molecule has 22 heavy (non-hydrogen) atoms. The molecular weight excluding hydrogens is 282 g/mol. The van der Waals surface area contributed by atoms with Gasteiger partial charge in [0.15, 0.2) is 0 Å². The number of carbonyl (C=O) groups excluding carboxylic acids is 2. The van der Waals surface area contributed by atoms with E-state index in [-0.39, 0.29) is 0 Å². The third-order valence-electron chi connectivity index (χ3n) is 2.75. The van der Waals surface area contributed by atoms with E-state index in [2.05, 4.69) is 5.10 Å². The van der Waals surface area contributed by atoms with Crippen molar-refractivity contribution in [2.24, 2.45) is 10.8 Å². The van der Waals surface area contributed by atoms with Crippen molar-refractivity contribution in [2.45, 2.75) is 6.61 Å². The summed E-state index contributed by atoms with van der Waals surface area (Å²) in [5, 5.41) is 3.67. The number of hydrogen-bond acceptors (Lipinski definition) is 4. The van der Waals surface area contributed by atoms with Gasteiger partial charge in [-0.3, -0.25) is 9.59 Å². The summed E-state index contributed by atoms with van der Waals surface area (Å²) in [5.74, 6) is -1.45. The summed E-state index contributed by atoms with van der Waals surface area (Å²) >= 11 is 0. The number of rotatable bonds is 5. The van der Waals surface area contributed by atoms with Crippen molar-refractivity contribution in [2.75, 3.05) is 0 Å². The van der Waals surface area contributed by atoms with Crippen LogP contribution in [0, 0.1) is 0 Å². The maximum absolute atomic E-state index is 11.0. The highest BCUT2D eigenvalue weighted by Crippen LogP contribution is 2.17. The first-order valence-corrected chi connectivity index (χ1v) is 6.55. The lowest BCUT2D eigenvalue weighted by Gasteiger charge is -2.08. The fourth-order valence-corrected chi connectivity index (χ4v) is 1.67. The molecular formula is C16H15N3O3. The minimum atomic E-state index is -1.09. The Bertz CT molecular complexity index is 684. The van der Waals surface area contributed by atoms with Crippen molar-refractivity contribution >= 4 is 18.0 Å². The quantitative estimate of drug-likeness (QED) is 0.493. The van der Waals surface area contributed by atoms with Gasteiger partial charge in [-0.15, -0.1) is 0 Å². The van der Waals surface area contributed by atoms with Gasteiger partial charge in [0, 0.05) is 5.56 Å². The van der Waals surface area contributed by atoms with Crippen LogP contribution in [-0.4, -0.2) is 18.0 Å². The molecule has 0 saturated heterocycles. The second-order valence-electron chi connectivity index (χ2n) is 4.38. The molecule has 0 heterocycles. The second-order valence-corrected chi connectivity index (χ2v) is 4.38. The molecule has 0 radical (unpaired) electrons. The molecule has 0 bridgehead atoms. The maximum atomic E-state index is 11.0. The van der Waals surface area contributed by atoms with Gasteiger partial charge in [-0.05, 0) is 17.7 Å². The standard InChI is InChI=1S/C16H15N3O3/c17-15(20)16(21)19-18-10-13-8-4-5-9-14(13)22-11-12-6-2-1-3-7-12/h1-10H,11H2,(H2,17,20)(H,19,21)/b18-10+. The number of nitrogens with two attached hydrogens (primary N) is 1. The minimum Gasteiger partial charge on any atom is -0.488 e. The molecule has 6 heteroatoms. The van der Waals surface area contributed by atoms with E-state index >= 15 is 0 Å². The van der Waals surface area contributed by atoms with Gasteiger partial charge in [0.05, 0.1) is 6.21 Å². The molecule has 0 saturated carbocycles. The fourth-order valence-electron chi connectivity index (χ4n) is 1.67. The number of carbonyl (C=O) groups is 2. The van der Waals surface area contributed by atoms with Crippen LogP contribution in [0.5, 0.6) is 5.75 Å². The molecule has 0 atom stereocenters. The summed E-state index contributed by atoms with van der Waals surface area (Å²) in [7, 11) is 0. The van der Waals surface area contributed by atoms with Gasteiger partial charge in [0.1, 0.15) is 12.4 Å². The van der Waals surface area contributed by atoms with Crippen molar-refractivity contribution in [3.05, 3.63) is 65.7 Å². The molecule has 2 rings (SSSR count). The van der Waals surface area contributed by atoms with Gasteiger partial charge < -0.3 is 10.5 Å². The fraction of sp³-hybridized carbons (Fsp3) is 0.0625. The van der Waals surface area contributed by atoms with Crippen LogP contribution in [0.15, 0.2) is 59.7 Å². The monoisotopic (exact) mass is 297 g/mol.